The fourth-order valence-electron chi connectivity index (χ4n) is 1.32. The summed E-state index contributed by atoms with van der Waals surface area (Å²) in [6.07, 6.45) is 0.0202. The molecule has 0 aliphatic heterocycles. The second-order valence-electron chi connectivity index (χ2n) is 5.20. The highest BCUT2D eigenvalue weighted by Crippen LogP contribution is 2.20. The van der Waals surface area contributed by atoms with E-state index < -0.39 is 6.10 Å². The van der Waals surface area contributed by atoms with Crippen LogP contribution in [0.4, 0.5) is 0 Å². The molecule has 18 heavy (non-hydrogen) atoms. The van der Waals surface area contributed by atoms with Gasteiger partial charge in [0.05, 0.1) is 19.2 Å². The van der Waals surface area contributed by atoms with E-state index in [1.54, 1.807) is 0 Å². The Bertz CT molecular complexity index is 267. The van der Waals surface area contributed by atoms with Gasteiger partial charge >= 0.3 is 0 Å². The lowest BCUT2D eigenvalue weighted by molar-refractivity contribution is -0.125. The fraction of sp³-hybridized carbons (Fsp3) is 0.818. The summed E-state index contributed by atoms with van der Waals surface area (Å²) in [6, 6.07) is 0. The average Bonchev–Trinajstić information content (AvgIpc) is 2.20. The number of amides is 2. The van der Waals surface area contributed by atoms with Crippen LogP contribution in [0.1, 0.15) is 27.2 Å². The van der Waals surface area contributed by atoms with Crippen LogP contribution < -0.4 is 16.4 Å². The number of carbonyl (C=O) groups excluding carboxylic acids is 2. The number of aliphatic hydroxyl groups is 1. The maximum absolute atomic E-state index is 11.3. The Morgan fingerprint density at radius 2 is 1.78 bits per heavy atom. The van der Waals surface area contributed by atoms with Crippen LogP contribution in [-0.4, -0.2) is 42.7 Å². The lowest BCUT2D eigenvalue weighted by Gasteiger charge is -2.22. The zero-order valence-corrected chi connectivity index (χ0v) is 12.0. The molecule has 0 saturated heterocycles. The second-order valence-corrected chi connectivity index (χ2v) is 5.20. The molecule has 7 heteroatoms. The van der Waals surface area contributed by atoms with Crippen molar-refractivity contribution < 1.29 is 14.7 Å². The summed E-state index contributed by atoms with van der Waals surface area (Å²) >= 11 is 0. The standard InChI is InChI=1S/C11H23N3O3.ClH/c1-11(2,3)4-8(15)6-13-10(17)7-14-9(16)5-12;/h8,15H,4-7,12H2,1-3H3,(H,13,17)(H,14,16);1H. The van der Waals surface area contributed by atoms with Gasteiger partial charge in [-0.3, -0.25) is 9.59 Å². The molecule has 2 amide bonds. The van der Waals surface area contributed by atoms with E-state index in [0.717, 1.165) is 0 Å². The van der Waals surface area contributed by atoms with Crippen LogP contribution in [0.25, 0.3) is 0 Å². The van der Waals surface area contributed by atoms with Gasteiger partial charge < -0.3 is 21.5 Å². The molecular formula is C11H24ClN3O3. The van der Waals surface area contributed by atoms with Gasteiger partial charge in [0.1, 0.15) is 0 Å². The Hall–Kier alpha value is -0.850. The number of aliphatic hydroxyl groups excluding tert-OH is 1. The Morgan fingerprint density at radius 1 is 1.22 bits per heavy atom. The first kappa shape index (κ1) is 19.5. The van der Waals surface area contributed by atoms with E-state index in [-0.39, 0.29) is 49.3 Å². The lowest BCUT2D eigenvalue weighted by Crippen LogP contribution is -2.42. The molecule has 0 aromatic heterocycles. The summed E-state index contributed by atoms with van der Waals surface area (Å²) in [5.41, 5.74) is 5.08. The van der Waals surface area contributed by atoms with E-state index in [2.05, 4.69) is 10.6 Å². The number of carbonyl (C=O) groups is 2. The second kappa shape index (κ2) is 9.13. The van der Waals surface area contributed by atoms with Crippen LogP contribution in [0.15, 0.2) is 0 Å². The topological polar surface area (TPSA) is 104 Å². The van der Waals surface area contributed by atoms with Crippen LogP contribution >= 0.6 is 12.4 Å². The number of hydrogen-bond acceptors (Lipinski definition) is 4. The number of halogens is 1. The zero-order valence-electron chi connectivity index (χ0n) is 11.2. The highest BCUT2D eigenvalue weighted by molar-refractivity contribution is 5.85. The van der Waals surface area contributed by atoms with Crippen LogP contribution in [0, 0.1) is 5.41 Å². The van der Waals surface area contributed by atoms with Crippen molar-refractivity contribution in [1.82, 2.24) is 10.6 Å². The molecule has 0 spiro atoms. The zero-order chi connectivity index (χ0) is 13.5. The monoisotopic (exact) mass is 281 g/mol. The molecule has 0 bridgehead atoms. The summed E-state index contributed by atoms with van der Waals surface area (Å²) in [4.78, 5) is 22.0. The number of nitrogens with two attached hydrogens (primary N) is 1. The molecule has 0 aromatic carbocycles. The highest BCUT2D eigenvalue weighted by Gasteiger charge is 2.17. The van der Waals surface area contributed by atoms with Crippen molar-refractivity contribution in [3.8, 4) is 0 Å². The number of nitrogens with one attached hydrogen (secondary N) is 2. The molecule has 0 rings (SSSR count). The third kappa shape index (κ3) is 11.6. The maximum atomic E-state index is 11.3. The van der Waals surface area contributed by atoms with Crippen molar-refractivity contribution in [2.24, 2.45) is 11.1 Å². The Balaban J connectivity index is 0. The normalized spacial score (nSPS) is 12.3. The molecule has 0 aliphatic rings. The minimum Gasteiger partial charge on any atom is -0.391 e. The first-order valence-electron chi connectivity index (χ1n) is 5.66. The first-order valence-corrected chi connectivity index (χ1v) is 5.66. The molecule has 6 nitrogen and oxygen atoms in total. The van der Waals surface area contributed by atoms with Gasteiger partial charge in [-0.25, -0.2) is 0 Å². The van der Waals surface area contributed by atoms with Crippen LogP contribution in [0.2, 0.25) is 0 Å². The molecule has 5 N–H and O–H groups in total. The maximum Gasteiger partial charge on any atom is 0.239 e. The van der Waals surface area contributed by atoms with Gasteiger partial charge in [0.2, 0.25) is 11.8 Å². The van der Waals surface area contributed by atoms with Crippen molar-refractivity contribution in [1.29, 1.82) is 0 Å². The average molecular weight is 282 g/mol. The smallest absolute Gasteiger partial charge is 0.239 e. The van der Waals surface area contributed by atoms with Crippen LogP contribution in [0.5, 0.6) is 0 Å². The van der Waals surface area contributed by atoms with Gasteiger partial charge in [-0.1, -0.05) is 20.8 Å². The first-order chi connectivity index (χ1) is 7.74. The molecule has 1 unspecified atom stereocenters. The third-order valence-electron chi connectivity index (χ3n) is 2.01. The number of rotatable bonds is 6. The van der Waals surface area contributed by atoms with E-state index in [1.807, 2.05) is 20.8 Å². The predicted molar refractivity (Wildman–Crippen MR) is 72.4 cm³/mol. The summed E-state index contributed by atoms with van der Waals surface area (Å²) < 4.78 is 0. The molecule has 0 radical (unpaired) electrons. The van der Waals surface area contributed by atoms with E-state index in [0.29, 0.717) is 6.42 Å². The van der Waals surface area contributed by atoms with Crippen molar-refractivity contribution in [2.45, 2.75) is 33.3 Å². The van der Waals surface area contributed by atoms with Gasteiger partial charge in [0.15, 0.2) is 0 Å². The van der Waals surface area contributed by atoms with Crippen molar-refractivity contribution in [2.75, 3.05) is 19.6 Å². The number of hydrogen-bond donors (Lipinski definition) is 4. The highest BCUT2D eigenvalue weighted by atomic mass is 35.5. The van der Waals surface area contributed by atoms with Crippen LogP contribution in [0.3, 0.4) is 0 Å². The van der Waals surface area contributed by atoms with E-state index in [9.17, 15) is 14.7 Å². The molecule has 108 valence electrons. The van der Waals surface area contributed by atoms with Gasteiger partial charge in [0.25, 0.3) is 0 Å². The minimum atomic E-state index is -0.579. The van der Waals surface area contributed by atoms with Gasteiger partial charge in [-0.2, -0.15) is 0 Å². The van der Waals surface area contributed by atoms with Crippen molar-refractivity contribution >= 4 is 24.2 Å². The van der Waals surface area contributed by atoms with Gasteiger partial charge in [-0.05, 0) is 11.8 Å². The van der Waals surface area contributed by atoms with Crippen LogP contribution in [-0.2, 0) is 9.59 Å². The molecular weight excluding hydrogens is 258 g/mol. The van der Waals surface area contributed by atoms with Crippen molar-refractivity contribution in [3.05, 3.63) is 0 Å². The molecule has 1 atom stereocenters. The summed E-state index contributed by atoms with van der Waals surface area (Å²) in [5, 5.41) is 14.5. The largest absolute Gasteiger partial charge is 0.391 e. The molecule has 0 saturated carbocycles. The quantitative estimate of drug-likeness (QED) is 0.522. The van der Waals surface area contributed by atoms with Gasteiger partial charge in [0, 0.05) is 6.54 Å². The van der Waals surface area contributed by atoms with Gasteiger partial charge in [-0.15, -0.1) is 12.4 Å². The van der Waals surface area contributed by atoms with Crippen molar-refractivity contribution in [3.63, 3.8) is 0 Å². The lowest BCUT2D eigenvalue weighted by atomic mass is 9.89. The van der Waals surface area contributed by atoms with E-state index in [4.69, 9.17) is 5.73 Å². The molecule has 0 fully saturated rings. The van der Waals surface area contributed by atoms with E-state index >= 15 is 0 Å². The Labute approximate surface area is 114 Å². The minimum absolute atomic E-state index is 0. The summed E-state index contributed by atoms with van der Waals surface area (Å²) in [7, 11) is 0. The molecule has 0 aliphatic carbocycles. The summed E-state index contributed by atoms with van der Waals surface area (Å²) in [6.45, 7) is 5.98. The summed E-state index contributed by atoms with van der Waals surface area (Å²) in [5.74, 6) is -0.713. The predicted octanol–water partition coefficient (Wildman–Crippen LogP) is -0.604. The molecule has 0 aromatic rings. The SMILES string of the molecule is CC(C)(C)CC(O)CNC(=O)CNC(=O)CN.Cl. The molecule has 0 heterocycles. The Morgan fingerprint density at radius 3 is 2.22 bits per heavy atom. The van der Waals surface area contributed by atoms with E-state index in [1.165, 1.54) is 0 Å². The Kier molecular flexibility index (Phi) is 9.88. The fourth-order valence-corrected chi connectivity index (χ4v) is 1.32. The third-order valence-corrected chi connectivity index (χ3v) is 2.01.